The van der Waals surface area contributed by atoms with Gasteiger partial charge in [-0.15, -0.1) is 0 Å². The summed E-state index contributed by atoms with van der Waals surface area (Å²) in [5.74, 6) is -1.19. The van der Waals surface area contributed by atoms with Gasteiger partial charge in [0, 0.05) is 17.1 Å². The van der Waals surface area contributed by atoms with Crippen LogP contribution in [-0.2, 0) is 4.79 Å². The third-order valence-electron chi connectivity index (χ3n) is 3.30. The number of halogens is 1. The molecule has 2 N–H and O–H groups in total. The van der Waals surface area contributed by atoms with Crippen molar-refractivity contribution in [2.24, 2.45) is 5.92 Å². The summed E-state index contributed by atoms with van der Waals surface area (Å²) in [6.07, 6.45) is 1.74. The van der Waals surface area contributed by atoms with Crippen LogP contribution in [0.25, 0.3) is 0 Å². The van der Waals surface area contributed by atoms with Gasteiger partial charge in [-0.1, -0.05) is 11.6 Å². The van der Waals surface area contributed by atoms with Gasteiger partial charge < -0.3 is 10.4 Å². The predicted molar refractivity (Wildman–Crippen MR) is 70.5 cm³/mol. The molecule has 1 aromatic rings. The summed E-state index contributed by atoms with van der Waals surface area (Å²) in [6.45, 7) is 0. The highest BCUT2D eigenvalue weighted by atomic mass is 35.5. The number of aliphatic carboxylic acids is 1. The molecule has 19 heavy (non-hydrogen) atoms. The monoisotopic (exact) mass is 284 g/mol. The second-order valence-corrected chi connectivity index (χ2v) is 5.04. The number of hydrogen-bond donors (Lipinski definition) is 2. The molecule has 0 aliphatic heterocycles. The minimum absolute atomic E-state index is 0.0526. The number of anilines is 1. The van der Waals surface area contributed by atoms with Crippen molar-refractivity contribution in [1.29, 1.82) is 0 Å². The maximum atomic E-state index is 10.9. The first-order valence-electron chi connectivity index (χ1n) is 5.90. The van der Waals surface area contributed by atoms with Crippen molar-refractivity contribution in [3.8, 4) is 0 Å². The first-order valence-corrected chi connectivity index (χ1v) is 6.28. The van der Waals surface area contributed by atoms with Crippen molar-refractivity contribution in [1.82, 2.24) is 0 Å². The van der Waals surface area contributed by atoms with E-state index in [0.717, 1.165) is 0 Å². The van der Waals surface area contributed by atoms with Crippen molar-refractivity contribution in [3.05, 3.63) is 33.3 Å². The highest BCUT2D eigenvalue weighted by Gasteiger charge is 2.30. The molecule has 1 saturated carbocycles. The van der Waals surface area contributed by atoms with E-state index in [1.165, 1.54) is 18.2 Å². The lowest BCUT2D eigenvalue weighted by Crippen LogP contribution is -2.18. The van der Waals surface area contributed by atoms with Crippen LogP contribution in [0.15, 0.2) is 18.2 Å². The van der Waals surface area contributed by atoms with E-state index in [0.29, 0.717) is 30.0 Å². The van der Waals surface area contributed by atoms with Crippen LogP contribution in [-0.4, -0.2) is 22.0 Å². The molecule has 0 radical (unpaired) electrons. The summed E-state index contributed by atoms with van der Waals surface area (Å²) in [7, 11) is 0. The van der Waals surface area contributed by atoms with Gasteiger partial charge in [0.05, 0.1) is 10.8 Å². The second-order valence-electron chi connectivity index (χ2n) is 4.61. The molecule has 0 aromatic heterocycles. The van der Waals surface area contributed by atoms with E-state index < -0.39 is 10.9 Å². The van der Waals surface area contributed by atoms with Gasteiger partial charge in [0.25, 0.3) is 5.69 Å². The lowest BCUT2D eigenvalue weighted by atomic mass is 10.1. The molecule has 102 valence electrons. The van der Waals surface area contributed by atoms with E-state index in [2.05, 4.69) is 5.32 Å². The molecule has 1 aliphatic rings. The number of rotatable bonds is 4. The lowest BCUT2D eigenvalue weighted by Gasteiger charge is -2.14. The van der Waals surface area contributed by atoms with Crippen LogP contribution in [0.4, 0.5) is 11.4 Å². The number of carboxylic acids is 1. The molecule has 2 rings (SSSR count). The van der Waals surface area contributed by atoms with E-state index in [1.807, 2.05) is 0 Å². The van der Waals surface area contributed by atoms with Crippen LogP contribution in [0.3, 0.4) is 0 Å². The number of carboxylic acid groups (broad SMARTS) is 1. The molecule has 1 aliphatic carbocycles. The highest BCUT2D eigenvalue weighted by molar-refractivity contribution is 6.31. The van der Waals surface area contributed by atoms with Crippen molar-refractivity contribution in [3.63, 3.8) is 0 Å². The summed E-state index contributed by atoms with van der Waals surface area (Å²) in [6, 6.07) is 4.22. The Morgan fingerprint density at radius 2 is 2.21 bits per heavy atom. The van der Waals surface area contributed by atoms with Crippen LogP contribution in [0, 0.1) is 16.0 Å². The van der Waals surface area contributed by atoms with Crippen molar-refractivity contribution in [2.45, 2.75) is 25.3 Å². The lowest BCUT2D eigenvalue weighted by molar-refractivity contribution is -0.384. The Balaban J connectivity index is 2.13. The molecule has 7 heteroatoms. The average molecular weight is 285 g/mol. The van der Waals surface area contributed by atoms with Gasteiger partial charge in [-0.2, -0.15) is 0 Å². The Bertz CT molecular complexity index is 520. The van der Waals surface area contributed by atoms with Gasteiger partial charge in [0.1, 0.15) is 5.69 Å². The number of nitrogens with zero attached hydrogens (tertiary/aromatic N) is 1. The smallest absolute Gasteiger partial charge is 0.306 e. The van der Waals surface area contributed by atoms with Crippen LogP contribution in [0.1, 0.15) is 19.3 Å². The van der Waals surface area contributed by atoms with Crippen LogP contribution < -0.4 is 5.32 Å². The molecule has 0 unspecified atom stereocenters. The van der Waals surface area contributed by atoms with E-state index in [9.17, 15) is 14.9 Å². The zero-order valence-corrected chi connectivity index (χ0v) is 10.8. The molecule has 6 nitrogen and oxygen atoms in total. The first kappa shape index (κ1) is 13.6. The zero-order chi connectivity index (χ0) is 14.0. The molecule has 1 fully saturated rings. The minimum Gasteiger partial charge on any atom is -0.481 e. The van der Waals surface area contributed by atoms with E-state index in [4.69, 9.17) is 16.7 Å². The molecule has 0 bridgehead atoms. The molecular weight excluding hydrogens is 272 g/mol. The topological polar surface area (TPSA) is 92.5 Å². The molecule has 0 amide bonds. The van der Waals surface area contributed by atoms with Gasteiger partial charge in [-0.3, -0.25) is 14.9 Å². The highest BCUT2D eigenvalue weighted by Crippen LogP contribution is 2.33. The standard InChI is InChI=1S/C12H13ClN2O4/c13-8-2-4-11(15(18)19)10(6-8)14-9-3-1-7(5-9)12(16)17/h2,4,6-7,9,14H,1,3,5H2,(H,16,17)/t7-,9+/m1/s1. The zero-order valence-electron chi connectivity index (χ0n) is 10.0. The molecule has 2 atom stereocenters. The fourth-order valence-corrected chi connectivity index (χ4v) is 2.51. The molecule has 1 aromatic carbocycles. The van der Waals surface area contributed by atoms with Gasteiger partial charge in [0.2, 0.25) is 0 Å². The maximum absolute atomic E-state index is 10.9. The fourth-order valence-electron chi connectivity index (χ4n) is 2.34. The van der Waals surface area contributed by atoms with Gasteiger partial charge in [-0.05, 0) is 31.4 Å². The SMILES string of the molecule is O=C(O)[C@@H]1CC[C@H](Nc2cc(Cl)ccc2[N+](=O)[O-])C1. The average Bonchev–Trinajstić information content (AvgIpc) is 2.77. The number of nitrogens with one attached hydrogen (secondary N) is 1. The Kier molecular flexibility index (Phi) is 3.90. The molecule has 0 saturated heterocycles. The Labute approximate surface area is 114 Å². The molecule has 0 heterocycles. The quantitative estimate of drug-likeness (QED) is 0.655. The van der Waals surface area contributed by atoms with Crippen molar-refractivity contribution in [2.75, 3.05) is 5.32 Å². The van der Waals surface area contributed by atoms with Crippen LogP contribution in [0.5, 0.6) is 0 Å². The third kappa shape index (κ3) is 3.14. The van der Waals surface area contributed by atoms with Crippen molar-refractivity contribution < 1.29 is 14.8 Å². The summed E-state index contributed by atoms with van der Waals surface area (Å²) in [4.78, 5) is 21.3. The van der Waals surface area contributed by atoms with E-state index >= 15 is 0 Å². The summed E-state index contributed by atoms with van der Waals surface area (Å²) >= 11 is 5.83. The first-order chi connectivity index (χ1) is 8.97. The number of hydrogen-bond acceptors (Lipinski definition) is 4. The Morgan fingerprint density at radius 1 is 1.47 bits per heavy atom. The van der Waals surface area contributed by atoms with E-state index in [1.54, 1.807) is 0 Å². The maximum Gasteiger partial charge on any atom is 0.306 e. The predicted octanol–water partition coefficient (Wildman–Crippen LogP) is 2.91. The molecular formula is C12H13ClN2O4. The second kappa shape index (κ2) is 5.44. The normalized spacial score (nSPS) is 22.2. The fraction of sp³-hybridized carbons (Fsp3) is 0.417. The summed E-state index contributed by atoms with van der Waals surface area (Å²) in [5, 5.41) is 23.3. The number of carbonyl (C=O) groups is 1. The van der Waals surface area contributed by atoms with Gasteiger partial charge in [0.15, 0.2) is 0 Å². The number of benzene rings is 1. The molecule has 0 spiro atoms. The van der Waals surface area contributed by atoms with Crippen molar-refractivity contribution >= 4 is 28.9 Å². The largest absolute Gasteiger partial charge is 0.481 e. The Morgan fingerprint density at radius 3 is 2.79 bits per heavy atom. The van der Waals surface area contributed by atoms with Crippen LogP contribution >= 0.6 is 11.6 Å². The third-order valence-corrected chi connectivity index (χ3v) is 3.53. The Hall–Kier alpha value is -1.82. The van der Waals surface area contributed by atoms with E-state index in [-0.39, 0.29) is 17.6 Å². The van der Waals surface area contributed by atoms with Crippen LogP contribution in [0.2, 0.25) is 5.02 Å². The minimum atomic E-state index is -0.815. The number of nitro groups is 1. The summed E-state index contributed by atoms with van der Waals surface area (Å²) in [5.41, 5.74) is 0.289. The van der Waals surface area contributed by atoms with Gasteiger partial charge >= 0.3 is 5.97 Å². The number of nitro benzene ring substituents is 1. The van der Waals surface area contributed by atoms with Gasteiger partial charge in [-0.25, -0.2) is 0 Å². The summed E-state index contributed by atoms with van der Waals surface area (Å²) < 4.78 is 0.